The van der Waals surface area contributed by atoms with E-state index in [1.54, 1.807) is 23.3 Å². The highest BCUT2D eigenvalue weighted by atomic mass is 35.5. The van der Waals surface area contributed by atoms with Crippen LogP contribution in [0.15, 0.2) is 15.3 Å². The van der Waals surface area contributed by atoms with Crippen molar-refractivity contribution >= 4 is 46.5 Å². The Balaban J connectivity index is 2.22. The molecule has 15 heavy (non-hydrogen) atoms. The number of nitrogens with one attached hydrogen (secondary N) is 2. The number of guanidine groups is 1. The molecule has 1 aliphatic heterocycles. The summed E-state index contributed by atoms with van der Waals surface area (Å²) in [4.78, 5) is 4.51. The molecule has 82 valence electrons. The van der Waals surface area contributed by atoms with Gasteiger partial charge in [0.25, 0.3) is 0 Å². The maximum Gasteiger partial charge on any atom is 0.206 e. The van der Waals surface area contributed by atoms with Crippen molar-refractivity contribution in [2.24, 2.45) is 4.99 Å². The fourth-order valence-corrected chi connectivity index (χ4v) is 3.26. The minimum Gasteiger partial charge on any atom is -0.324 e. The third-order valence-corrected chi connectivity index (χ3v) is 3.87. The first kappa shape index (κ1) is 11.1. The molecule has 0 fully saturated rings. The molecule has 1 aliphatic rings. The number of aliphatic imine (C=N–C) groups is 1. The molecule has 1 aromatic rings. The molecule has 0 bridgehead atoms. The Morgan fingerprint density at radius 2 is 2.13 bits per heavy atom. The number of rotatable bonds is 0. The van der Waals surface area contributed by atoms with Crippen molar-refractivity contribution in [2.75, 3.05) is 5.32 Å². The molecule has 0 amide bonds. The Morgan fingerprint density at radius 1 is 1.40 bits per heavy atom. The van der Waals surface area contributed by atoms with Crippen molar-refractivity contribution in [3.8, 4) is 0 Å². The van der Waals surface area contributed by atoms with Crippen molar-refractivity contribution in [1.82, 2.24) is 4.72 Å². The van der Waals surface area contributed by atoms with Gasteiger partial charge in [-0.25, -0.2) is 4.99 Å². The van der Waals surface area contributed by atoms with Gasteiger partial charge < -0.3 is 5.32 Å². The highest BCUT2D eigenvalue weighted by molar-refractivity contribution is 8.00. The number of halogens is 1. The molecule has 0 aliphatic carbocycles. The zero-order valence-corrected chi connectivity index (χ0v) is 11.1. The number of anilines is 1. The van der Waals surface area contributed by atoms with Crippen molar-refractivity contribution < 1.29 is 0 Å². The summed E-state index contributed by atoms with van der Waals surface area (Å²) in [6.45, 7) is 6.18. The quantitative estimate of drug-likeness (QED) is 0.701. The topological polar surface area (TPSA) is 36.4 Å². The highest BCUT2D eigenvalue weighted by Gasteiger charge is 2.18. The standard InChI is InChI=1S/C9H12ClN3S2/c1-9(2,3)12-8-11-5-4-6(10)14-7(5)15-13-8/h4H,1-3H3,(H2,11,12,13). The molecule has 0 aromatic carbocycles. The minimum absolute atomic E-state index is 0.0901. The molecule has 0 atom stereocenters. The van der Waals surface area contributed by atoms with Crippen LogP contribution in [0, 0.1) is 0 Å². The van der Waals surface area contributed by atoms with Crippen LogP contribution < -0.4 is 10.0 Å². The van der Waals surface area contributed by atoms with Gasteiger partial charge in [0.05, 0.1) is 15.6 Å². The van der Waals surface area contributed by atoms with Crippen molar-refractivity contribution in [3.63, 3.8) is 0 Å². The molecule has 1 aromatic heterocycles. The van der Waals surface area contributed by atoms with Gasteiger partial charge >= 0.3 is 0 Å². The number of hydrogen-bond acceptors (Lipinski definition) is 3. The SMILES string of the molecule is CC(C)(C)N=C1NSc2sc(Cl)cc2N1. The van der Waals surface area contributed by atoms with E-state index in [9.17, 15) is 0 Å². The number of hydrogen-bond donors (Lipinski definition) is 2. The molecule has 0 saturated heterocycles. The monoisotopic (exact) mass is 261 g/mol. The Kier molecular flexibility index (Phi) is 2.87. The van der Waals surface area contributed by atoms with E-state index < -0.39 is 0 Å². The Bertz CT molecular complexity index is 406. The fourth-order valence-electron chi connectivity index (χ4n) is 1.14. The predicted octanol–water partition coefficient (Wildman–Crippen LogP) is 3.58. The summed E-state index contributed by atoms with van der Waals surface area (Å²) in [5, 5.41) is 3.22. The summed E-state index contributed by atoms with van der Waals surface area (Å²) in [7, 11) is 0. The summed E-state index contributed by atoms with van der Waals surface area (Å²) >= 11 is 9.04. The van der Waals surface area contributed by atoms with Gasteiger partial charge in [-0.3, -0.25) is 4.72 Å². The lowest BCUT2D eigenvalue weighted by Gasteiger charge is -2.21. The van der Waals surface area contributed by atoms with E-state index >= 15 is 0 Å². The Morgan fingerprint density at radius 3 is 2.80 bits per heavy atom. The highest BCUT2D eigenvalue weighted by Crippen LogP contribution is 2.39. The smallest absolute Gasteiger partial charge is 0.206 e. The van der Waals surface area contributed by atoms with Crippen LogP contribution in [0.25, 0.3) is 0 Å². The number of fused-ring (bicyclic) bond motifs is 1. The molecule has 2 heterocycles. The van der Waals surface area contributed by atoms with Gasteiger partial charge in [-0.05, 0) is 26.8 Å². The van der Waals surface area contributed by atoms with Crippen LogP contribution in [0.2, 0.25) is 4.34 Å². The van der Waals surface area contributed by atoms with E-state index in [4.69, 9.17) is 11.6 Å². The first-order valence-corrected chi connectivity index (χ1v) is 6.54. The van der Waals surface area contributed by atoms with Crippen molar-refractivity contribution in [2.45, 2.75) is 30.5 Å². The van der Waals surface area contributed by atoms with Crippen LogP contribution in [0.5, 0.6) is 0 Å². The molecule has 3 nitrogen and oxygen atoms in total. The van der Waals surface area contributed by atoms with E-state index in [-0.39, 0.29) is 5.54 Å². The molecule has 2 rings (SSSR count). The van der Waals surface area contributed by atoms with E-state index in [1.807, 2.05) is 6.07 Å². The van der Waals surface area contributed by atoms with Gasteiger partial charge in [0.1, 0.15) is 4.21 Å². The van der Waals surface area contributed by atoms with Crippen molar-refractivity contribution in [3.05, 3.63) is 10.4 Å². The lowest BCUT2D eigenvalue weighted by atomic mass is 10.1. The average molecular weight is 262 g/mol. The third kappa shape index (κ3) is 2.80. The molecule has 0 saturated carbocycles. The van der Waals surface area contributed by atoms with Gasteiger partial charge in [0.2, 0.25) is 5.96 Å². The first-order chi connectivity index (χ1) is 6.94. The van der Waals surface area contributed by atoms with Crippen LogP contribution >= 0.6 is 34.9 Å². The maximum absolute atomic E-state index is 5.93. The van der Waals surface area contributed by atoms with Crippen LogP contribution in [-0.2, 0) is 0 Å². The second-order valence-corrected chi connectivity index (χ2v) is 6.97. The van der Waals surface area contributed by atoms with Crippen molar-refractivity contribution in [1.29, 1.82) is 0 Å². The summed E-state index contributed by atoms with van der Waals surface area (Å²) in [5.41, 5.74) is 0.949. The number of thiophene rings is 1. The minimum atomic E-state index is -0.0901. The van der Waals surface area contributed by atoms with Gasteiger partial charge in [-0.2, -0.15) is 0 Å². The van der Waals surface area contributed by atoms with E-state index in [1.165, 1.54) is 0 Å². The normalized spacial score (nSPS) is 18.3. The Hall–Kier alpha value is -0.390. The third-order valence-electron chi connectivity index (χ3n) is 1.61. The van der Waals surface area contributed by atoms with Crippen LogP contribution in [0.3, 0.4) is 0 Å². The Labute approximate surface area is 102 Å². The average Bonchev–Trinajstić information content (AvgIpc) is 2.40. The van der Waals surface area contributed by atoms with Gasteiger partial charge in [-0.1, -0.05) is 11.6 Å². The van der Waals surface area contributed by atoms with Gasteiger partial charge in [0.15, 0.2) is 0 Å². The molecular formula is C9H12ClN3S2. The van der Waals surface area contributed by atoms with E-state index in [0.717, 1.165) is 20.2 Å². The maximum atomic E-state index is 5.93. The van der Waals surface area contributed by atoms with Crippen LogP contribution in [-0.4, -0.2) is 11.5 Å². The summed E-state index contributed by atoms with van der Waals surface area (Å²) in [6, 6.07) is 1.92. The first-order valence-electron chi connectivity index (χ1n) is 4.53. The molecule has 0 unspecified atom stereocenters. The zero-order chi connectivity index (χ0) is 11.1. The van der Waals surface area contributed by atoms with Gasteiger partial charge in [-0.15, -0.1) is 11.3 Å². The molecule has 6 heteroatoms. The lowest BCUT2D eigenvalue weighted by molar-refractivity contribution is 0.582. The molecule has 2 N–H and O–H groups in total. The summed E-state index contributed by atoms with van der Waals surface area (Å²) in [5.74, 6) is 0.787. The second kappa shape index (κ2) is 3.88. The van der Waals surface area contributed by atoms with Crippen LogP contribution in [0.1, 0.15) is 20.8 Å². The lowest BCUT2D eigenvalue weighted by Crippen LogP contribution is -2.31. The zero-order valence-electron chi connectivity index (χ0n) is 8.72. The molecule has 0 radical (unpaired) electrons. The largest absolute Gasteiger partial charge is 0.324 e. The summed E-state index contributed by atoms with van der Waals surface area (Å²) in [6.07, 6.45) is 0. The second-order valence-electron chi connectivity index (χ2n) is 4.21. The van der Waals surface area contributed by atoms with Gasteiger partial charge in [0, 0.05) is 11.9 Å². The molecule has 0 spiro atoms. The summed E-state index contributed by atoms with van der Waals surface area (Å²) < 4.78 is 5.09. The van der Waals surface area contributed by atoms with E-state index in [0.29, 0.717) is 0 Å². The fraction of sp³-hybridized carbons (Fsp3) is 0.444. The number of nitrogens with zero attached hydrogens (tertiary/aromatic N) is 1. The van der Waals surface area contributed by atoms with Crippen LogP contribution in [0.4, 0.5) is 5.69 Å². The predicted molar refractivity (Wildman–Crippen MR) is 69.1 cm³/mol. The molecular weight excluding hydrogens is 250 g/mol. The van der Waals surface area contributed by atoms with E-state index in [2.05, 4.69) is 35.8 Å².